The molecule has 1 aromatic heterocycles. The number of hydrogen-bond acceptors (Lipinski definition) is 4. The normalized spacial score (nSPS) is 14.6. The monoisotopic (exact) mass is 330 g/mol. The third-order valence-corrected chi connectivity index (χ3v) is 4.23. The molecule has 23 heavy (non-hydrogen) atoms. The first-order valence-electron chi connectivity index (χ1n) is 7.83. The van der Waals surface area contributed by atoms with Crippen molar-refractivity contribution in [2.45, 2.75) is 25.8 Å². The van der Waals surface area contributed by atoms with Gasteiger partial charge >= 0.3 is 0 Å². The molecule has 6 heteroatoms. The van der Waals surface area contributed by atoms with Gasteiger partial charge in [-0.25, -0.2) is 9.97 Å². The second kappa shape index (κ2) is 7.42. The van der Waals surface area contributed by atoms with Gasteiger partial charge in [0, 0.05) is 19.3 Å². The van der Waals surface area contributed by atoms with Gasteiger partial charge in [-0.3, -0.25) is 4.79 Å². The van der Waals surface area contributed by atoms with Crippen molar-refractivity contribution in [3.8, 4) is 0 Å². The summed E-state index contributed by atoms with van der Waals surface area (Å²) in [6, 6.07) is 8.90. The van der Waals surface area contributed by atoms with Crippen molar-refractivity contribution in [3.05, 3.63) is 52.9 Å². The predicted octanol–water partition coefficient (Wildman–Crippen LogP) is 3.05. The van der Waals surface area contributed by atoms with E-state index in [1.54, 1.807) is 30.5 Å². The lowest BCUT2D eigenvalue weighted by Gasteiger charge is -2.27. The average Bonchev–Trinajstić information content (AvgIpc) is 2.61. The van der Waals surface area contributed by atoms with Gasteiger partial charge < -0.3 is 10.2 Å². The van der Waals surface area contributed by atoms with E-state index in [4.69, 9.17) is 11.6 Å². The minimum absolute atomic E-state index is 0.220. The Bertz CT molecular complexity index is 686. The number of rotatable bonds is 4. The summed E-state index contributed by atoms with van der Waals surface area (Å²) in [6.45, 7) is 2.34. The molecule has 2 aromatic rings. The molecule has 0 atom stereocenters. The summed E-state index contributed by atoms with van der Waals surface area (Å²) < 4.78 is 0. The van der Waals surface area contributed by atoms with Crippen molar-refractivity contribution in [3.63, 3.8) is 0 Å². The van der Waals surface area contributed by atoms with Crippen LogP contribution < -0.4 is 10.2 Å². The zero-order valence-corrected chi connectivity index (χ0v) is 13.6. The van der Waals surface area contributed by atoms with Crippen LogP contribution in [0.3, 0.4) is 0 Å². The van der Waals surface area contributed by atoms with Crippen LogP contribution in [-0.4, -0.2) is 29.0 Å². The first-order chi connectivity index (χ1) is 11.2. The number of benzene rings is 1. The van der Waals surface area contributed by atoms with Crippen LogP contribution >= 0.6 is 11.6 Å². The number of aromatic nitrogens is 2. The first kappa shape index (κ1) is 15.7. The van der Waals surface area contributed by atoms with E-state index in [0.29, 0.717) is 16.4 Å². The molecule has 1 fully saturated rings. The lowest BCUT2D eigenvalue weighted by atomic mass is 10.1. The van der Waals surface area contributed by atoms with Crippen LogP contribution in [-0.2, 0) is 6.54 Å². The maximum absolute atomic E-state index is 12.2. The van der Waals surface area contributed by atoms with Gasteiger partial charge in [0.1, 0.15) is 11.6 Å². The average molecular weight is 331 g/mol. The molecule has 1 saturated heterocycles. The molecule has 5 nitrogen and oxygen atoms in total. The largest absolute Gasteiger partial charge is 0.357 e. The molecule has 3 rings (SSSR count). The Kier molecular flexibility index (Phi) is 5.08. The Balaban J connectivity index is 1.64. The Morgan fingerprint density at radius 2 is 1.96 bits per heavy atom. The van der Waals surface area contributed by atoms with Gasteiger partial charge in [0.25, 0.3) is 5.91 Å². The highest BCUT2D eigenvalue weighted by Crippen LogP contribution is 2.17. The maximum atomic E-state index is 12.2. The summed E-state index contributed by atoms with van der Waals surface area (Å²) in [4.78, 5) is 23.2. The topological polar surface area (TPSA) is 58.1 Å². The smallest absolute Gasteiger partial charge is 0.253 e. The third kappa shape index (κ3) is 3.99. The lowest BCUT2D eigenvalue weighted by Crippen LogP contribution is -2.31. The molecule has 0 unspecified atom stereocenters. The number of piperidine rings is 1. The van der Waals surface area contributed by atoms with Crippen molar-refractivity contribution in [1.82, 2.24) is 15.3 Å². The van der Waals surface area contributed by atoms with Gasteiger partial charge in [-0.2, -0.15) is 0 Å². The highest BCUT2D eigenvalue weighted by atomic mass is 35.5. The Labute approximate surface area is 140 Å². The van der Waals surface area contributed by atoms with E-state index in [0.717, 1.165) is 18.9 Å². The molecule has 1 amide bonds. The molecular formula is C17H19ClN4O. The molecule has 0 spiro atoms. The molecule has 120 valence electrons. The highest BCUT2D eigenvalue weighted by Gasteiger charge is 2.14. The Hall–Kier alpha value is -2.14. The van der Waals surface area contributed by atoms with Gasteiger partial charge in [0.05, 0.1) is 17.1 Å². The number of amides is 1. The number of carbonyl (C=O) groups is 1. The number of nitrogens with zero attached hydrogens (tertiary/aromatic N) is 3. The quantitative estimate of drug-likeness (QED) is 0.936. The zero-order valence-electron chi connectivity index (χ0n) is 12.8. The second-order valence-electron chi connectivity index (χ2n) is 5.54. The fourth-order valence-corrected chi connectivity index (χ4v) is 2.89. The first-order valence-corrected chi connectivity index (χ1v) is 8.21. The van der Waals surface area contributed by atoms with Crippen LogP contribution in [0.2, 0.25) is 5.02 Å². The van der Waals surface area contributed by atoms with Crippen LogP contribution in [0.5, 0.6) is 0 Å². The summed E-state index contributed by atoms with van der Waals surface area (Å²) in [7, 11) is 0. The SMILES string of the molecule is O=C(NCc1nccc(N2CCCCC2)n1)c1ccccc1Cl. The van der Waals surface area contributed by atoms with E-state index in [1.807, 2.05) is 6.07 Å². The summed E-state index contributed by atoms with van der Waals surface area (Å²) in [5.41, 5.74) is 0.460. The van der Waals surface area contributed by atoms with Crippen LogP contribution in [0.25, 0.3) is 0 Å². The molecule has 0 saturated carbocycles. The summed E-state index contributed by atoms with van der Waals surface area (Å²) in [5.74, 6) is 1.32. The van der Waals surface area contributed by atoms with Gasteiger partial charge in [-0.15, -0.1) is 0 Å². The molecular weight excluding hydrogens is 312 g/mol. The fourth-order valence-electron chi connectivity index (χ4n) is 2.67. The molecule has 1 N–H and O–H groups in total. The molecule has 1 aromatic carbocycles. The van der Waals surface area contributed by atoms with Gasteiger partial charge in [-0.05, 0) is 37.5 Å². The van der Waals surface area contributed by atoms with E-state index in [1.165, 1.54) is 19.3 Å². The lowest BCUT2D eigenvalue weighted by molar-refractivity contribution is 0.0950. The predicted molar refractivity (Wildman–Crippen MR) is 90.7 cm³/mol. The van der Waals surface area contributed by atoms with Gasteiger partial charge in [0.2, 0.25) is 0 Å². The number of halogens is 1. The number of hydrogen-bond donors (Lipinski definition) is 1. The highest BCUT2D eigenvalue weighted by molar-refractivity contribution is 6.33. The van der Waals surface area contributed by atoms with Crippen LogP contribution in [0, 0.1) is 0 Å². The zero-order chi connectivity index (χ0) is 16.1. The number of carbonyl (C=O) groups excluding carboxylic acids is 1. The van der Waals surface area contributed by atoms with Crippen LogP contribution in [0.1, 0.15) is 35.4 Å². The minimum Gasteiger partial charge on any atom is -0.357 e. The third-order valence-electron chi connectivity index (χ3n) is 3.90. The van der Waals surface area contributed by atoms with E-state index >= 15 is 0 Å². The number of nitrogens with one attached hydrogen (secondary N) is 1. The number of anilines is 1. The molecule has 0 aliphatic carbocycles. The van der Waals surface area contributed by atoms with Crippen LogP contribution in [0.4, 0.5) is 5.82 Å². The minimum atomic E-state index is -0.220. The van der Waals surface area contributed by atoms with Crippen molar-refractivity contribution in [2.24, 2.45) is 0 Å². The van der Waals surface area contributed by atoms with E-state index in [-0.39, 0.29) is 12.5 Å². The van der Waals surface area contributed by atoms with Gasteiger partial charge in [0.15, 0.2) is 0 Å². The van der Waals surface area contributed by atoms with Crippen molar-refractivity contribution in [1.29, 1.82) is 0 Å². The van der Waals surface area contributed by atoms with Crippen molar-refractivity contribution < 1.29 is 4.79 Å². The molecule has 1 aliphatic heterocycles. The molecule has 1 aliphatic rings. The molecule has 2 heterocycles. The summed E-state index contributed by atoms with van der Waals surface area (Å²) in [6.07, 6.45) is 5.42. The maximum Gasteiger partial charge on any atom is 0.253 e. The fraction of sp³-hybridized carbons (Fsp3) is 0.353. The molecule has 0 radical (unpaired) electrons. The van der Waals surface area contributed by atoms with Gasteiger partial charge in [-0.1, -0.05) is 23.7 Å². The van der Waals surface area contributed by atoms with E-state index in [2.05, 4.69) is 20.2 Å². The van der Waals surface area contributed by atoms with Crippen LogP contribution in [0.15, 0.2) is 36.5 Å². The van der Waals surface area contributed by atoms with E-state index in [9.17, 15) is 4.79 Å². The second-order valence-corrected chi connectivity index (χ2v) is 5.95. The standard InChI is InChI=1S/C17H19ClN4O/c18-14-7-3-2-6-13(14)17(23)20-12-15-19-9-8-16(21-15)22-10-4-1-5-11-22/h2-3,6-9H,1,4-5,10-12H2,(H,20,23). The Morgan fingerprint density at radius 1 is 1.17 bits per heavy atom. The summed E-state index contributed by atoms with van der Waals surface area (Å²) >= 11 is 6.03. The Morgan fingerprint density at radius 3 is 2.74 bits per heavy atom. The van der Waals surface area contributed by atoms with E-state index < -0.39 is 0 Å². The summed E-state index contributed by atoms with van der Waals surface area (Å²) in [5, 5.41) is 3.26. The molecule has 0 bridgehead atoms. The van der Waals surface area contributed by atoms with Crippen molar-refractivity contribution >= 4 is 23.3 Å². The van der Waals surface area contributed by atoms with Crippen molar-refractivity contribution in [2.75, 3.05) is 18.0 Å².